The number of methoxy groups -OCH3 is 1. The van der Waals surface area contributed by atoms with E-state index in [9.17, 15) is 9.59 Å². The van der Waals surface area contributed by atoms with Gasteiger partial charge < -0.3 is 15.4 Å². The van der Waals surface area contributed by atoms with Crippen LogP contribution in [0, 0.1) is 11.3 Å². The summed E-state index contributed by atoms with van der Waals surface area (Å²) in [5.74, 6) is -0.683. The summed E-state index contributed by atoms with van der Waals surface area (Å²) in [6, 6.07) is -0.194. The Hall–Kier alpha value is -1.10. The Morgan fingerprint density at radius 2 is 1.83 bits per heavy atom. The van der Waals surface area contributed by atoms with Crippen molar-refractivity contribution in [3.8, 4) is 0 Å². The van der Waals surface area contributed by atoms with Crippen LogP contribution >= 0.6 is 0 Å². The minimum Gasteiger partial charge on any atom is -0.469 e. The van der Waals surface area contributed by atoms with Gasteiger partial charge in [0, 0.05) is 26.1 Å². The first kappa shape index (κ1) is 16.9. The molecule has 0 aromatic rings. The molecule has 0 aromatic carbocycles. The summed E-state index contributed by atoms with van der Waals surface area (Å²) in [4.78, 5) is 24.7. The number of rotatable bonds is 5. The molecule has 0 heterocycles. The second kappa shape index (κ2) is 6.73. The monoisotopic (exact) mass is 258 g/mol. The highest BCUT2D eigenvalue weighted by atomic mass is 16.5. The third-order valence-corrected chi connectivity index (χ3v) is 3.08. The molecule has 1 amide bonds. The molecule has 2 atom stereocenters. The lowest BCUT2D eigenvalue weighted by atomic mass is 9.85. The third kappa shape index (κ3) is 5.49. The van der Waals surface area contributed by atoms with Crippen LogP contribution in [0.1, 0.15) is 34.1 Å². The fourth-order valence-electron chi connectivity index (χ4n) is 1.44. The van der Waals surface area contributed by atoms with E-state index in [0.717, 1.165) is 0 Å². The molecule has 0 fully saturated rings. The van der Waals surface area contributed by atoms with Gasteiger partial charge in [0.1, 0.15) is 0 Å². The van der Waals surface area contributed by atoms with Crippen LogP contribution in [0.4, 0.5) is 0 Å². The van der Waals surface area contributed by atoms with Gasteiger partial charge in [0.05, 0.1) is 13.0 Å². The topological polar surface area (TPSA) is 72.6 Å². The smallest absolute Gasteiger partial charge is 0.310 e. The molecule has 5 heteroatoms. The number of hydrogen-bond donors (Lipinski definition) is 1. The van der Waals surface area contributed by atoms with Gasteiger partial charge in [0.15, 0.2) is 0 Å². The molecule has 0 aliphatic rings. The van der Waals surface area contributed by atoms with Crippen LogP contribution < -0.4 is 5.73 Å². The van der Waals surface area contributed by atoms with Crippen LogP contribution in [-0.2, 0) is 14.3 Å². The molecule has 0 aliphatic carbocycles. The molecular weight excluding hydrogens is 232 g/mol. The summed E-state index contributed by atoms with van der Waals surface area (Å²) in [5, 5.41) is 0. The van der Waals surface area contributed by atoms with Crippen LogP contribution in [0.5, 0.6) is 0 Å². The van der Waals surface area contributed by atoms with Gasteiger partial charge in [-0.15, -0.1) is 0 Å². The Morgan fingerprint density at radius 1 is 1.33 bits per heavy atom. The Morgan fingerprint density at radius 3 is 2.22 bits per heavy atom. The van der Waals surface area contributed by atoms with Gasteiger partial charge in [-0.3, -0.25) is 9.59 Å². The van der Waals surface area contributed by atoms with Crippen LogP contribution in [0.2, 0.25) is 0 Å². The number of amides is 1. The van der Waals surface area contributed by atoms with Crippen molar-refractivity contribution in [2.75, 3.05) is 20.7 Å². The zero-order chi connectivity index (χ0) is 14.5. The number of nitrogens with two attached hydrogens (primary N) is 1. The summed E-state index contributed by atoms with van der Waals surface area (Å²) in [6.45, 7) is 8.09. The summed E-state index contributed by atoms with van der Waals surface area (Å²) >= 11 is 0. The minimum atomic E-state index is -0.324. The van der Waals surface area contributed by atoms with Gasteiger partial charge >= 0.3 is 5.97 Å². The van der Waals surface area contributed by atoms with Gasteiger partial charge in [0.2, 0.25) is 5.91 Å². The van der Waals surface area contributed by atoms with E-state index in [4.69, 9.17) is 5.73 Å². The molecular formula is C13H26N2O3. The quantitative estimate of drug-likeness (QED) is 0.747. The SMILES string of the molecule is COC(=O)C(C)CN(C)C(=O)CC(N)C(C)(C)C. The number of esters is 1. The van der Waals surface area contributed by atoms with Crippen LogP contribution in [-0.4, -0.2) is 43.5 Å². The van der Waals surface area contributed by atoms with E-state index in [1.807, 2.05) is 20.8 Å². The summed E-state index contributed by atoms with van der Waals surface area (Å²) in [7, 11) is 3.02. The lowest BCUT2D eigenvalue weighted by molar-refractivity contribution is -0.146. The van der Waals surface area contributed by atoms with E-state index in [-0.39, 0.29) is 35.7 Å². The number of nitrogens with zero attached hydrogens (tertiary/aromatic N) is 1. The first-order valence-corrected chi connectivity index (χ1v) is 6.17. The van der Waals surface area contributed by atoms with Gasteiger partial charge in [-0.05, 0) is 5.41 Å². The van der Waals surface area contributed by atoms with E-state index in [2.05, 4.69) is 4.74 Å². The maximum atomic E-state index is 11.9. The summed E-state index contributed by atoms with van der Waals surface area (Å²) in [5.41, 5.74) is 5.86. The molecule has 0 bridgehead atoms. The minimum absolute atomic E-state index is 0.0480. The lowest BCUT2D eigenvalue weighted by Gasteiger charge is -2.29. The second-order valence-electron chi connectivity index (χ2n) is 5.88. The first-order chi connectivity index (χ1) is 8.09. The predicted molar refractivity (Wildman–Crippen MR) is 70.9 cm³/mol. The zero-order valence-corrected chi connectivity index (χ0v) is 12.3. The molecule has 5 nitrogen and oxygen atoms in total. The van der Waals surface area contributed by atoms with E-state index >= 15 is 0 Å². The number of carbonyl (C=O) groups is 2. The van der Waals surface area contributed by atoms with Crippen LogP contribution in [0.15, 0.2) is 0 Å². The molecule has 18 heavy (non-hydrogen) atoms. The van der Waals surface area contributed by atoms with E-state index in [1.165, 1.54) is 12.0 Å². The van der Waals surface area contributed by atoms with Crippen LogP contribution in [0.25, 0.3) is 0 Å². The Kier molecular flexibility index (Phi) is 6.32. The molecule has 0 spiro atoms. The van der Waals surface area contributed by atoms with Crippen molar-refractivity contribution in [1.29, 1.82) is 0 Å². The maximum absolute atomic E-state index is 11.9. The summed E-state index contributed by atoms with van der Waals surface area (Å²) < 4.78 is 4.63. The molecule has 2 N–H and O–H groups in total. The molecule has 0 radical (unpaired) electrons. The van der Waals surface area contributed by atoms with E-state index in [0.29, 0.717) is 6.54 Å². The van der Waals surface area contributed by atoms with Crippen molar-refractivity contribution in [1.82, 2.24) is 4.90 Å². The maximum Gasteiger partial charge on any atom is 0.310 e. The number of carbonyl (C=O) groups excluding carboxylic acids is 2. The fraction of sp³-hybridized carbons (Fsp3) is 0.846. The Bertz CT molecular complexity index is 297. The highest BCUT2D eigenvalue weighted by Crippen LogP contribution is 2.20. The Labute approximate surface area is 110 Å². The van der Waals surface area contributed by atoms with Crippen molar-refractivity contribution in [3.63, 3.8) is 0 Å². The number of ether oxygens (including phenoxy) is 1. The first-order valence-electron chi connectivity index (χ1n) is 6.17. The molecule has 0 aromatic heterocycles. The van der Waals surface area contributed by atoms with Crippen molar-refractivity contribution < 1.29 is 14.3 Å². The normalized spacial score (nSPS) is 14.8. The van der Waals surface area contributed by atoms with Gasteiger partial charge in [-0.1, -0.05) is 27.7 Å². The molecule has 0 aliphatic heterocycles. The molecule has 2 unspecified atom stereocenters. The molecule has 0 saturated heterocycles. The predicted octanol–water partition coefficient (Wildman–Crippen LogP) is 1.02. The molecule has 0 rings (SSSR count). The molecule has 0 saturated carbocycles. The average molecular weight is 258 g/mol. The fourth-order valence-corrected chi connectivity index (χ4v) is 1.44. The standard InChI is InChI=1S/C13H26N2O3/c1-9(12(17)18-6)8-15(5)11(16)7-10(14)13(2,3)4/h9-10H,7-8,14H2,1-6H3. The highest BCUT2D eigenvalue weighted by Gasteiger charge is 2.25. The van der Waals surface area contributed by atoms with E-state index < -0.39 is 0 Å². The highest BCUT2D eigenvalue weighted by molar-refractivity contribution is 5.78. The van der Waals surface area contributed by atoms with Gasteiger partial charge in [0.25, 0.3) is 0 Å². The lowest BCUT2D eigenvalue weighted by Crippen LogP contribution is -2.42. The summed E-state index contributed by atoms with van der Waals surface area (Å²) in [6.07, 6.45) is 0.286. The zero-order valence-electron chi connectivity index (χ0n) is 12.3. The largest absolute Gasteiger partial charge is 0.469 e. The van der Waals surface area contributed by atoms with Crippen molar-refractivity contribution in [3.05, 3.63) is 0 Å². The van der Waals surface area contributed by atoms with Gasteiger partial charge in [-0.2, -0.15) is 0 Å². The van der Waals surface area contributed by atoms with Crippen molar-refractivity contribution in [2.45, 2.75) is 40.2 Å². The van der Waals surface area contributed by atoms with E-state index in [1.54, 1.807) is 14.0 Å². The Balaban J connectivity index is 4.32. The second-order valence-corrected chi connectivity index (χ2v) is 5.88. The van der Waals surface area contributed by atoms with Crippen LogP contribution in [0.3, 0.4) is 0 Å². The van der Waals surface area contributed by atoms with Crippen molar-refractivity contribution >= 4 is 11.9 Å². The van der Waals surface area contributed by atoms with Gasteiger partial charge in [-0.25, -0.2) is 0 Å². The van der Waals surface area contributed by atoms with Crippen molar-refractivity contribution in [2.24, 2.45) is 17.1 Å². The number of hydrogen-bond acceptors (Lipinski definition) is 4. The average Bonchev–Trinajstić information content (AvgIpc) is 2.26. The third-order valence-electron chi connectivity index (χ3n) is 3.08. The molecule has 106 valence electrons.